The first-order chi connectivity index (χ1) is 7.81. The van der Waals surface area contributed by atoms with Gasteiger partial charge in [0.2, 0.25) is 0 Å². The molecule has 98 valence electrons. The van der Waals surface area contributed by atoms with Gasteiger partial charge in [0, 0.05) is 26.2 Å². The van der Waals surface area contributed by atoms with Crippen LogP contribution in [-0.4, -0.2) is 71.2 Å². The Morgan fingerprint density at radius 3 is 2.00 bits per heavy atom. The number of hydrogen-bond acceptors (Lipinski definition) is 5. The Kier molecular flexibility index (Phi) is 12.7. The Balaban J connectivity index is 3.06. The van der Waals surface area contributed by atoms with E-state index in [0.29, 0.717) is 26.4 Å². The van der Waals surface area contributed by atoms with Crippen molar-refractivity contribution >= 4 is 0 Å². The second-order valence-electron chi connectivity index (χ2n) is 3.51. The third kappa shape index (κ3) is 11.9. The number of nitrogens with zero attached hydrogens (tertiary/aromatic N) is 1. The standard InChI is InChI=1S/C11H26N2O3/c1-3-14-8-5-13(2)6-9-16-11-10-15-7-4-12/h3-12H2,1-2H3. The van der Waals surface area contributed by atoms with E-state index in [1.165, 1.54) is 0 Å². The van der Waals surface area contributed by atoms with Crippen molar-refractivity contribution in [1.29, 1.82) is 0 Å². The zero-order valence-corrected chi connectivity index (χ0v) is 10.6. The highest BCUT2D eigenvalue weighted by atomic mass is 16.5. The Hall–Kier alpha value is -0.200. The van der Waals surface area contributed by atoms with Crippen molar-refractivity contribution in [2.75, 3.05) is 66.3 Å². The van der Waals surface area contributed by atoms with E-state index >= 15 is 0 Å². The highest BCUT2D eigenvalue weighted by Crippen LogP contribution is 1.85. The lowest BCUT2D eigenvalue weighted by molar-refractivity contribution is 0.0399. The minimum atomic E-state index is 0.570. The number of hydrogen-bond donors (Lipinski definition) is 1. The molecule has 0 aromatic rings. The maximum atomic E-state index is 5.41. The Bertz CT molecular complexity index is 136. The van der Waals surface area contributed by atoms with Crippen molar-refractivity contribution in [3.05, 3.63) is 0 Å². The number of likely N-dealkylation sites (N-methyl/N-ethyl adjacent to an activating group) is 1. The van der Waals surface area contributed by atoms with E-state index in [2.05, 4.69) is 11.9 Å². The molecule has 16 heavy (non-hydrogen) atoms. The van der Waals surface area contributed by atoms with Crippen LogP contribution in [0.15, 0.2) is 0 Å². The zero-order chi connectivity index (χ0) is 12.1. The summed E-state index contributed by atoms with van der Waals surface area (Å²) < 4.78 is 15.9. The molecule has 0 atom stereocenters. The van der Waals surface area contributed by atoms with Gasteiger partial charge in [0.1, 0.15) is 0 Å². The highest BCUT2D eigenvalue weighted by Gasteiger charge is 1.97. The Labute approximate surface area is 98.8 Å². The van der Waals surface area contributed by atoms with Crippen LogP contribution < -0.4 is 5.73 Å². The molecule has 0 unspecified atom stereocenters. The lowest BCUT2D eigenvalue weighted by Crippen LogP contribution is -2.27. The summed E-state index contributed by atoms with van der Waals surface area (Å²) in [5, 5.41) is 0. The first-order valence-corrected chi connectivity index (χ1v) is 5.93. The molecule has 0 radical (unpaired) electrons. The molecule has 0 aliphatic heterocycles. The molecule has 0 aliphatic carbocycles. The third-order valence-corrected chi connectivity index (χ3v) is 2.07. The van der Waals surface area contributed by atoms with Crippen molar-refractivity contribution < 1.29 is 14.2 Å². The minimum absolute atomic E-state index is 0.570. The zero-order valence-electron chi connectivity index (χ0n) is 10.6. The van der Waals surface area contributed by atoms with Gasteiger partial charge >= 0.3 is 0 Å². The van der Waals surface area contributed by atoms with Crippen molar-refractivity contribution in [2.24, 2.45) is 5.73 Å². The molecule has 0 amide bonds. The summed E-state index contributed by atoms with van der Waals surface area (Å²) in [6.07, 6.45) is 0. The first kappa shape index (κ1) is 15.8. The molecule has 0 saturated heterocycles. The topological polar surface area (TPSA) is 57.0 Å². The van der Waals surface area contributed by atoms with E-state index in [9.17, 15) is 0 Å². The van der Waals surface area contributed by atoms with E-state index < -0.39 is 0 Å². The van der Waals surface area contributed by atoms with Gasteiger partial charge in [-0.2, -0.15) is 0 Å². The van der Waals surface area contributed by atoms with Gasteiger partial charge in [-0.1, -0.05) is 0 Å². The minimum Gasteiger partial charge on any atom is -0.380 e. The maximum Gasteiger partial charge on any atom is 0.0701 e. The third-order valence-electron chi connectivity index (χ3n) is 2.07. The predicted molar refractivity (Wildman–Crippen MR) is 64.7 cm³/mol. The largest absolute Gasteiger partial charge is 0.380 e. The molecule has 0 bridgehead atoms. The molecule has 0 fully saturated rings. The summed E-state index contributed by atoms with van der Waals surface area (Å²) in [6, 6.07) is 0. The van der Waals surface area contributed by atoms with Crippen LogP contribution in [0.3, 0.4) is 0 Å². The summed E-state index contributed by atoms with van der Waals surface area (Å²) in [5.74, 6) is 0. The fraction of sp³-hybridized carbons (Fsp3) is 1.00. The molecule has 0 heterocycles. The second-order valence-corrected chi connectivity index (χ2v) is 3.51. The maximum absolute atomic E-state index is 5.41. The van der Waals surface area contributed by atoms with Gasteiger partial charge in [-0.3, -0.25) is 0 Å². The summed E-state index contributed by atoms with van der Waals surface area (Å²) >= 11 is 0. The van der Waals surface area contributed by atoms with Crippen molar-refractivity contribution in [2.45, 2.75) is 6.92 Å². The van der Waals surface area contributed by atoms with Crippen LogP contribution in [0.5, 0.6) is 0 Å². The summed E-state index contributed by atoms with van der Waals surface area (Å²) in [5.41, 5.74) is 5.28. The van der Waals surface area contributed by atoms with E-state index in [0.717, 1.165) is 32.9 Å². The van der Waals surface area contributed by atoms with Gasteiger partial charge in [-0.05, 0) is 14.0 Å². The van der Waals surface area contributed by atoms with Crippen LogP contribution in [0, 0.1) is 0 Å². The van der Waals surface area contributed by atoms with Crippen LogP contribution in [0.4, 0.5) is 0 Å². The molecule has 0 aliphatic rings. The second kappa shape index (κ2) is 12.9. The summed E-state index contributed by atoms with van der Waals surface area (Å²) in [7, 11) is 2.06. The van der Waals surface area contributed by atoms with E-state index in [1.807, 2.05) is 6.92 Å². The normalized spacial score (nSPS) is 11.2. The smallest absolute Gasteiger partial charge is 0.0701 e. The number of rotatable bonds is 12. The van der Waals surface area contributed by atoms with Crippen LogP contribution in [0.2, 0.25) is 0 Å². The van der Waals surface area contributed by atoms with Gasteiger partial charge < -0.3 is 24.8 Å². The van der Waals surface area contributed by atoms with Crippen LogP contribution in [-0.2, 0) is 14.2 Å². The molecule has 5 heteroatoms. The molecule has 0 rings (SSSR count). The Morgan fingerprint density at radius 1 is 0.875 bits per heavy atom. The van der Waals surface area contributed by atoms with Crippen molar-refractivity contribution in [1.82, 2.24) is 4.90 Å². The quantitative estimate of drug-likeness (QED) is 0.480. The average molecular weight is 234 g/mol. The molecule has 5 nitrogen and oxygen atoms in total. The summed E-state index contributed by atoms with van der Waals surface area (Å²) in [6.45, 7) is 8.61. The predicted octanol–water partition coefficient (Wildman–Crippen LogP) is -0.0534. The molecule has 0 spiro atoms. The fourth-order valence-electron chi connectivity index (χ4n) is 1.10. The molecule has 0 aromatic heterocycles. The van der Waals surface area contributed by atoms with Gasteiger partial charge in [-0.15, -0.1) is 0 Å². The molecular weight excluding hydrogens is 208 g/mol. The Morgan fingerprint density at radius 2 is 1.44 bits per heavy atom. The van der Waals surface area contributed by atoms with Crippen LogP contribution in [0.25, 0.3) is 0 Å². The van der Waals surface area contributed by atoms with Crippen LogP contribution >= 0.6 is 0 Å². The van der Waals surface area contributed by atoms with E-state index in [4.69, 9.17) is 19.9 Å². The molecular formula is C11H26N2O3. The SMILES string of the molecule is CCOCCN(C)CCOCCOCCN. The van der Waals surface area contributed by atoms with Gasteiger partial charge in [0.25, 0.3) is 0 Å². The highest BCUT2D eigenvalue weighted by molar-refractivity contribution is 4.49. The van der Waals surface area contributed by atoms with E-state index in [-0.39, 0.29) is 0 Å². The van der Waals surface area contributed by atoms with Crippen LogP contribution in [0.1, 0.15) is 6.92 Å². The lowest BCUT2D eigenvalue weighted by Gasteiger charge is -2.16. The van der Waals surface area contributed by atoms with E-state index in [1.54, 1.807) is 0 Å². The van der Waals surface area contributed by atoms with Crippen molar-refractivity contribution in [3.63, 3.8) is 0 Å². The van der Waals surface area contributed by atoms with Gasteiger partial charge in [0.15, 0.2) is 0 Å². The van der Waals surface area contributed by atoms with Gasteiger partial charge in [-0.25, -0.2) is 0 Å². The molecule has 0 aromatic carbocycles. The monoisotopic (exact) mass is 234 g/mol. The fourth-order valence-corrected chi connectivity index (χ4v) is 1.10. The lowest BCUT2D eigenvalue weighted by atomic mass is 10.5. The molecule has 2 N–H and O–H groups in total. The average Bonchev–Trinajstić information content (AvgIpc) is 2.28. The first-order valence-electron chi connectivity index (χ1n) is 5.93. The van der Waals surface area contributed by atoms with Crippen molar-refractivity contribution in [3.8, 4) is 0 Å². The summed E-state index contributed by atoms with van der Waals surface area (Å²) in [4.78, 5) is 2.19. The number of ether oxygens (including phenoxy) is 3. The number of nitrogens with two attached hydrogens (primary N) is 1. The molecule has 0 saturated carbocycles. The van der Waals surface area contributed by atoms with Gasteiger partial charge in [0.05, 0.1) is 33.0 Å².